The zero-order valence-corrected chi connectivity index (χ0v) is 15.0. The van der Waals surface area contributed by atoms with E-state index in [9.17, 15) is 9.59 Å². The minimum absolute atomic E-state index is 0.0845. The van der Waals surface area contributed by atoms with E-state index in [1.54, 1.807) is 24.3 Å². The van der Waals surface area contributed by atoms with Gasteiger partial charge in [-0.15, -0.1) is 0 Å². The molecule has 27 heavy (non-hydrogen) atoms. The molecule has 3 aromatic rings. The number of hydrogen-bond acceptors (Lipinski definition) is 3. The Labute approximate surface area is 158 Å². The molecule has 0 N–H and O–H groups in total. The Hall–Kier alpha value is -3.20. The highest BCUT2D eigenvalue weighted by molar-refractivity contribution is 6.02. The minimum Gasteiger partial charge on any atom is -0.465 e. The summed E-state index contributed by atoms with van der Waals surface area (Å²) < 4.78 is 4.72. The van der Waals surface area contributed by atoms with Crippen LogP contribution >= 0.6 is 0 Å². The van der Waals surface area contributed by atoms with Gasteiger partial charge in [-0.1, -0.05) is 72.8 Å². The Morgan fingerprint density at radius 1 is 0.667 bits per heavy atom. The van der Waals surface area contributed by atoms with Crippen molar-refractivity contribution < 1.29 is 14.3 Å². The van der Waals surface area contributed by atoms with Crippen LogP contribution in [-0.2, 0) is 4.74 Å². The molecule has 0 radical (unpaired) electrons. The average Bonchev–Trinajstić information content (AvgIpc) is 3.50. The third-order valence-electron chi connectivity index (χ3n) is 5.28. The fourth-order valence-corrected chi connectivity index (χ4v) is 3.90. The maximum Gasteiger partial charge on any atom is 0.337 e. The van der Waals surface area contributed by atoms with Gasteiger partial charge in [0.2, 0.25) is 0 Å². The predicted octanol–water partition coefficient (Wildman–Crippen LogP) is 4.85. The van der Waals surface area contributed by atoms with Crippen molar-refractivity contribution >= 4 is 11.8 Å². The summed E-state index contributed by atoms with van der Waals surface area (Å²) in [7, 11) is 1.35. The first-order chi connectivity index (χ1) is 13.2. The lowest BCUT2D eigenvalue weighted by atomic mass is 10.0. The van der Waals surface area contributed by atoms with Crippen LogP contribution in [0.2, 0.25) is 0 Å². The second kappa shape index (κ2) is 7.20. The summed E-state index contributed by atoms with van der Waals surface area (Å²) in [6, 6.07) is 27.2. The standard InChI is InChI=1S/C24H20O3/c1-27-24(26)19-14-12-18(13-15-19)23(25)22-20(16-8-4-2-5-9-16)21(22)17-10-6-3-7-11-17/h2-15,20-22H,1H3/t20-,21-/m0/s1. The van der Waals surface area contributed by atoms with E-state index in [4.69, 9.17) is 4.74 Å². The number of rotatable bonds is 5. The van der Waals surface area contributed by atoms with Crippen molar-refractivity contribution in [3.05, 3.63) is 107 Å². The Morgan fingerprint density at radius 3 is 1.56 bits per heavy atom. The van der Waals surface area contributed by atoms with Gasteiger partial charge < -0.3 is 4.74 Å². The van der Waals surface area contributed by atoms with E-state index in [0.717, 1.165) is 0 Å². The van der Waals surface area contributed by atoms with Crippen molar-refractivity contribution in [3.8, 4) is 0 Å². The summed E-state index contributed by atoms with van der Waals surface area (Å²) in [6.07, 6.45) is 0. The van der Waals surface area contributed by atoms with Gasteiger partial charge in [-0.25, -0.2) is 4.79 Å². The Kier molecular flexibility index (Phi) is 4.59. The Bertz CT molecular complexity index is 900. The molecule has 134 valence electrons. The first-order valence-corrected chi connectivity index (χ1v) is 9.03. The highest BCUT2D eigenvalue weighted by Crippen LogP contribution is 2.61. The maximum absolute atomic E-state index is 13.2. The van der Waals surface area contributed by atoms with Crippen molar-refractivity contribution in [3.63, 3.8) is 0 Å². The zero-order valence-electron chi connectivity index (χ0n) is 15.0. The van der Waals surface area contributed by atoms with Gasteiger partial charge in [0.25, 0.3) is 0 Å². The molecule has 0 bridgehead atoms. The Balaban J connectivity index is 1.64. The van der Waals surface area contributed by atoms with Crippen LogP contribution in [0.3, 0.4) is 0 Å². The second-order valence-electron chi connectivity index (χ2n) is 6.83. The molecule has 0 spiro atoms. The number of carbonyl (C=O) groups is 2. The molecule has 0 amide bonds. The largest absolute Gasteiger partial charge is 0.465 e. The third-order valence-corrected chi connectivity index (χ3v) is 5.28. The number of Topliss-reactive ketones (excluding diaryl/α,β-unsaturated/α-hetero) is 1. The lowest BCUT2D eigenvalue weighted by molar-refractivity contribution is 0.0600. The van der Waals surface area contributed by atoms with E-state index >= 15 is 0 Å². The lowest BCUT2D eigenvalue weighted by Crippen LogP contribution is -2.06. The van der Waals surface area contributed by atoms with Crippen molar-refractivity contribution in [1.29, 1.82) is 0 Å². The van der Waals surface area contributed by atoms with E-state index in [-0.39, 0.29) is 23.5 Å². The maximum atomic E-state index is 13.2. The number of ketones is 1. The molecular weight excluding hydrogens is 336 g/mol. The van der Waals surface area contributed by atoms with Crippen LogP contribution in [0, 0.1) is 5.92 Å². The molecule has 3 aromatic carbocycles. The number of ether oxygens (including phenoxy) is 1. The quantitative estimate of drug-likeness (QED) is 0.485. The predicted molar refractivity (Wildman–Crippen MR) is 104 cm³/mol. The fourth-order valence-electron chi connectivity index (χ4n) is 3.90. The van der Waals surface area contributed by atoms with E-state index in [1.165, 1.54) is 18.2 Å². The highest BCUT2D eigenvalue weighted by Gasteiger charge is 2.55. The molecule has 0 aliphatic heterocycles. The summed E-state index contributed by atoms with van der Waals surface area (Å²) in [5, 5.41) is 0. The van der Waals surface area contributed by atoms with Crippen LogP contribution < -0.4 is 0 Å². The van der Waals surface area contributed by atoms with E-state index in [2.05, 4.69) is 24.3 Å². The summed E-state index contributed by atoms with van der Waals surface area (Å²) in [5.74, 6) is 0.000380. The van der Waals surface area contributed by atoms with E-state index in [0.29, 0.717) is 11.1 Å². The highest BCUT2D eigenvalue weighted by atomic mass is 16.5. The molecule has 1 saturated carbocycles. The second-order valence-corrected chi connectivity index (χ2v) is 6.83. The van der Waals surface area contributed by atoms with Crippen molar-refractivity contribution in [2.45, 2.75) is 11.8 Å². The van der Waals surface area contributed by atoms with Gasteiger partial charge in [-0.05, 0) is 23.3 Å². The lowest BCUT2D eigenvalue weighted by Gasteiger charge is -2.03. The first-order valence-electron chi connectivity index (χ1n) is 9.03. The molecule has 2 atom stereocenters. The molecule has 0 aromatic heterocycles. The third kappa shape index (κ3) is 3.28. The molecule has 3 heteroatoms. The molecule has 0 unspecified atom stereocenters. The van der Waals surface area contributed by atoms with Gasteiger partial charge in [0.05, 0.1) is 12.7 Å². The molecule has 0 saturated heterocycles. The van der Waals surface area contributed by atoms with Crippen LogP contribution in [0.25, 0.3) is 0 Å². The molecule has 1 fully saturated rings. The average molecular weight is 356 g/mol. The van der Waals surface area contributed by atoms with Crippen molar-refractivity contribution in [2.75, 3.05) is 7.11 Å². The number of methoxy groups -OCH3 is 1. The Morgan fingerprint density at radius 2 is 1.11 bits per heavy atom. The van der Waals surface area contributed by atoms with Gasteiger partial charge in [-0.2, -0.15) is 0 Å². The van der Waals surface area contributed by atoms with E-state index in [1.807, 2.05) is 36.4 Å². The first kappa shape index (κ1) is 17.2. The molecule has 0 heterocycles. The van der Waals surface area contributed by atoms with Gasteiger partial charge in [-0.3, -0.25) is 4.79 Å². The smallest absolute Gasteiger partial charge is 0.337 e. The van der Waals surface area contributed by atoms with Gasteiger partial charge in [0.15, 0.2) is 5.78 Å². The van der Waals surface area contributed by atoms with Crippen LogP contribution in [0.1, 0.15) is 43.7 Å². The fraction of sp³-hybridized carbons (Fsp3) is 0.167. The van der Waals surface area contributed by atoms with Gasteiger partial charge >= 0.3 is 5.97 Å². The van der Waals surface area contributed by atoms with Crippen molar-refractivity contribution in [2.24, 2.45) is 5.92 Å². The molecular formula is C24H20O3. The van der Waals surface area contributed by atoms with Crippen LogP contribution in [0.5, 0.6) is 0 Å². The molecule has 4 rings (SSSR count). The van der Waals surface area contributed by atoms with Crippen LogP contribution in [-0.4, -0.2) is 18.9 Å². The van der Waals surface area contributed by atoms with Crippen LogP contribution in [0.4, 0.5) is 0 Å². The summed E-state index contributed by atoms with van der Waals surface area (Å²) in [5.41, 5.74) is 3.46. The van der Waals surface area contributed by atoms with E-state index < -0.39 is 5.97 Å². The molecule has 1 aliphatic rings. The zero-order chi connectivity index (χ0) is 18.8. The van der Waals surface area contributed by atoms with Gasteiger partial charge in [0.1, 0.15) is 0 Å². The van der Waals surface area contributed by atoms with Crippen molar-refractivity contribution in [1.82, 2.24) is 0 Å². The molecule has 3 nitrogen and oxygen atoms in total. The topological polar surface area (TPSA) is 43.4 Å². The normalized spacial score (nSPS) is 20.7. The number of benzene rings is 3. The van der Waals surface area contributed by atoms with Gasteiger partial charge in [0, 0.05) is 23.3 Å². The minimum atomic E-state index is -0.398. The SMILES string of the molecule is COC(=O)c1ccc(C(=O)C2[C@@H](c3ccccc3)[C@@H]2c2ccccc2)cc1. The number of carbonyl (C=O) groups excluding carboxylic acids is 2. The number of esters is 1. The summed E-state index contributed by atoms with van der Waals surface area (Å²) >= 11 is 0. The van der Waals surface area contributed by atoms with Crippen LogP contribution in [0.15, 0.2) is 84.9 Å². The molecule has 1 aliphatic carbocycles. The number of hydrogen-bond donors (Lipinski definition) is 0. The monoisotopic (exact) mass is 356 g/mol. The summed E-state index contributed by atoms with van der Waals surface area (Å²) in [4.78, 5) is 24.8. The summed E-state index contributed by atoms with van der Waals surface area (Å²) in [6.45, 7) is 0.